The Morgan fingerprint density at radius 1 is 0.522 bits per heavy atom. The maximum atomic E-state index is 13.8. The Morgan fingerprint density at radius 2 is 0.866 bits per heavy atom. The summed E-state index contributed by atoms with van der Waals surface area (Å²) in [7, 11) is -2.35. The molecule has 364 valence electrons. The zero-order chi connectivity index (χ0) is 48.5. The second-order valence-corrected chi connectivity index (χ2v) is 19.0. The first-order valence-electron chi connectivity index (χ1n) is 21.8. The molecule has 2 heterocycles. The Bertz CT molecular complexity index is 2490. The molecule has 0 aromatic heterocycles. The summed E-state index contributed by atoms with van der Waals surface area (Å²) in [5, 5.41) is 0. The van der Waals surface area contributed by atoms with Crippen molar-refractivity contribution in [3.63, 3.8) is 0 Å². The van der Waals surface area contributed by atoms with Gasteiger partial charge in [0.15, 0.2) is 23.0 Å². The van der Waals surface area contributed by atoms with Gasteiger partial charge in [-0.1, -0.05) is 24.3 Å². The Kier molecular flexibility index (Phi) is 16.7. The summed E-state index contributed by atoms with van der Waals surface area (Å²) in [5.41, 5.74) is 4.20. The van der Waals surface area contributed by atoms with Crippen LogP contribution in [0.1, 0.15) is 41.0 Å². The minimum Gasteiger partial charge on any atom is -0.493 e. The molecule has 67 heavy (non-hydrogen) atoms. The number of benzene rings is 4. The summed E-state index contributed by atoms with van der Waals surface area (Å²) in [6, 6.07) is 21.7. The fourth-order valence-corrected chi connectivity index (χ4v) is 9.63. The van der Waals surface area contributed by atoms with Crippen LogP contribution >= 0.6 is 0 Å². The maximum Gasteiger partial charge on any atom is 0.268 e. The van der Waals surface area contributed by atoms with Gasteiger partial charge < -0.3 is 38.2 Å². The minimum absolute atomic E-state index is 0.0430. The lowest BCUT2D eigenvalue weighted by molar-refractivity contribution is -0.230. The normalized spacial score (nSPS) is 15.2. The van der Waals surface area contributed by atoms with Gasteiger partial charge in [0.25, 0.3) is 38.0 Å². The Morgan fingerprint density at radius 3 is 1.18 bits per heavy atom. The molecule has 0 spiro atoms. The number of hydrogen-bond acceptors (Lipinski definition) is 16. The quantitative estimate of drug-likeness (QED) is 0.0843. The van der Waals surface area contributed by atoms with Gasteiger partial charge >= 0.3 is 0 Å². The first kappa shape index (κ1) is 50.8. The largest absolute Gasteiger partial charge is 0.493 e. The summed E-state index contributed by atoms with van der Waals surface area (Å²) in [6.45, 7) is 6.70. The van der Waals surface area contributed by atoms with Crippen LogP contribution in [-0.4, -0.2) is 167 Å². The van der Waals surface area contributed by atoms with Gasteiger partial charge in [0.1, 0.15) is 0 Å². The highest BCUT2D eigenvalue weighted by atomic mass is 32.2. The van der Waals surface area contributed by atoms with Crippen molar-refractivity contribution in [1.29, 1.82) is 0 Å². The van der Waals surface area contributed by atoms with Crippen LogP contribution < -0.4 is 28.4 Å². The molecule has 2 aliphatic rings. The Balaban J connectivity index is 1.09. The van der Waals surface area contributed by atoms with E-state index in [9.17, 15) is 26.4 Å². The molecule has 6 rings (SSSR count). The average molecular weight is 969 g/mol. The van der Waals surface area contributed by atoms with Gasteiger partial charge in [-0.3, -0.25) is 14.5 Å². The number of methoxy groups -OCH3 is 4. The molecule has 4 aromatic rings. The van der Waals surface area contributed by atoms with Crippen LogP contribution in [0.15, 0.2) is 72.8 Å². The van der Waals surface area contributed by atoms with Gasteiger partial charge in [0, 0.05) is 76.5 Å². The highest BCUT2D eigenvalue weighted by Crippen LogP contribution is 2.43. The molecule has 0 bridgehead atoms. The third-order valence-electron chi connectivity index (χ3n) is 11.4. The van der Waals surface area contributed by atoms with E-state index in [4.69, 9.17) is 36.8 Å². The van der Waals surface area contributed by atoms with Crippen molar-refractivity contribution in [3.8, 4) is 56.8 Å². The van der Waals surface area contributed by atoms with Crippen molar-refractivity contribution in [1.82, 2.24) is 19.6 Å². The molecule has 20 heteroatoms. The average Bonchev–Trinajstić information content (AvgIpc) is 3.32. The molecule has 0 atom stereocenters. The molecule has 4 aromatic carbocycles. The van der Waals surface area contributed by atoms with Gasteiger partial charge in [-0.05, 0) is 84.6 Å². The number of carbonyl (C=O) groups is 2. The van der Waals surface area contributed by atoms with Gasteiger partial charge in [0.05, 0.1) is 54.2 Å². The zero-order valence-electron chi connectivity index (χ0n) is 39.2. The van der Waals surface area contributed by atoms with Crippen molar-refractivity contribution in [3.05, 3.63) is 83.9 Å². The van der Waals surface area contributed by atoms with Crippen LogP contribution in [0.3, 0.4) is 0 Å². The summed E-state index contributed by atoms with van der Waals surface area (Å²) >= 11 is 0. The predicted octanol–water partition coefficient (Wildman–Crippen LogP) is 5.06. The van der Waals surface area contributed by atoms with Gasteiger partial charge in [-0.15, -0.1) is 0 Å². The Hall–Kier alpha value is -5.64. The van der Waals surface area contributed by atoms with E-state index in [0.717, 1.165) is 34.8 Å². The maximum absolute atomic E-state index is 13.8. The molecule has 0 unspecified atom stereocenters. The van der Waals surface area contributed by atoms with E-state index in [2.05, 4.69) is 0 Å². The number of amides is 2. The summed E-state index contributed by atoms with van der Waals surface area (Å²) < 4.78 is 96.0. The third-order valence-corrected chi connectivity index (χ3v) is 12.6. The van der Waals surface area contributed by atoms with E-state index >= 15 is 0 Å². The van der Waals surface area contributed by atoms with Gasteiger partial charge in [-0.25, -0.2) is 13.3 Å². The topological polar surface area (TPSA) is 189 Å². The molecule has 2 fully saturated rings. The van der Waals surface area contributed by atoms with E-state index in [0.29, 0.717) is 85.0 Å². The number of carbonyl (C=O) groups excluding carboxylic acids is 2. The SMILES string of the molecule is CCOc1c(OC)cc(-c2ccc(C(=O)N3CCN(CCC(OS(C)(=O)=O)(OS(C)(=O)=O)N4CCN(C(=O)c5ccc(-c6cc(OC)c(OCC)c(OC)c6)cc5)CC4)CC3)cc2)cc1OC. The van der Waals surface area contributed by atoms with Gasteiger partial charge in [-0.2, -0.15) is 16.8 Å². The lowest BCUT2D eigenvalue weighted by atomic mass is 10.0. The first-order valence-corrected chi connectivity index (χ1v) is 25.4. The second-order valence-electron chi connectivity index (χ2n) is 15.9. The smallest absolute Gasteiger partial charge is 0.268 e. The van der Waals surface area contributed by atoms with Crippen molar-refractivity contribution < 1.29 is 63.2 Å². The molecule has 2 saturated heterocycles. The van der Waals surface area contributed by atoms with E-state index in [1.165, 1.54) is 4.90 Å². The summed E-state index contributed by atoms with van der Waals surface area (Å²) in [6.07, 6.45) is 1.48. The molecule has 0 aliphatic carbocycles. The fourth-order valence-electron chi connectivity index (χ4n) is 8.20. The van der Waals surface area contributed by atoms with E-state index in [-0.39, 0.29) is 51.0 Å². The minimum atomic E-state index is -4.28. The molecular weight excluding hydrogens is 909 g/mol. The fraction of sp³-hybridized carbons (Fsp3) is 0.447. The molecule has 0 radical (unpaired) electrons. The predicted molar refractivity (Wildman–Crippen MR) is 251 cm³/mol. The number of piperazine rings is 2. The number of rotatable bonds is 20. The van der Waals surface area contributed by atoms with Crippen LogP contribution in [0.4, 0.5) is 0 Å². The standard InChI is InChI=1S/C47H60N4O14S2/c1-9-62-43-39(58-3)29-37(30-40(43)59-4)33-11-15-35(16-12-33)45(52)49-23-21-48(22-24-49)20-19-47(64-66(7,54)55,65-67(8,56)57)51-27-25-50(26-28-51)46(53)36-17-13-34(14-18-36)38-31-41(60-5)44(63-10-2)42(32-38)61-6/h11-18,29-32H,9-10,19-28H2,1-8H3. The monoisotopic (exact) mass is 968 g/mol. The summed E-state index contributed by atoms with van der Waals surface area (Å²) in [4.78, 5) is 34.3. The lowest BCUT2D eigenvalue weighted by Gasteiger charge is -2.45. The third kappa shape index (κ3) is 12.5. The first-order chi connectivity index (χ1) is 31.9. The molecular formula is C47H60N4O14S2. The number of nitrogens with zero attached hydrogens (tertiary/aromatic N) is 4. The van der Waals surface area contributed by atoms with E-state index in [1.54, 1.807) is 62.5 Å². The highest BCUT2D eigenvalue weighted by molar-refractivity contribution is 7.86. The zero-order valence-corrected chi connectivity index (χ0v) is 40.9. The second kappa shape index (κ2) is 22.0. The number of hydrogen-bond donors (Lipinski definition) is 0. The lowest BCUT2D eigenvalue weighted by Crippen LogP contribution is -2.62. The van der Waals surface area contributed by atoms with E-state index < -0.39 is 26.1 Å². The number of ether oxygens (including phenoxy) is 6. The molecule has 2 aliphatic heterocycles. The summed E-state index contributed by atoms with van der Waals surface area (Å²) in [5.74, 6) is 0.414. The molecule has 18 nitrogen and oxygen atoms in total. The van der Waals surface area contributed by atoms with Crippen LogP contribution in [0.2, 0.25) is 0 Å². The highest BCUT2D eigenvalue weighted by Gasteiger charge is 2.47. The molecule has 0 N–H and O–H groups in total. The van der Waals surface area contributed by atoms with Crippen molar-refractivity contribution >= 4 is 32.1 Å². The Labute approximate surface area is 393 Å². The van der Waals surface area contributed by atoms with Crippen LogP contribution in [-0.2, 0) is 28.6 Å². The molecule has 2 amide bonds. The van der Waals surface area contributed by atoms with Crippen molar-refractivity contribution in [2.45, 2.75) is 26.2 Å². The van der Waals surface area contributed by atoms with Crippen LogP contribution in [0, 0.1) is 0 Å². The molecule has 0 saturated carbocycles. The van der Waals surface area contributed by atoms with Crippen LogP contribution in [0.5, 0.6) is 34.5 Å². The van der Waals surface area contributed by atoms with E-state index in [1.807, 2.05) is 67.3 Å². The van der Waals surface area contributed by atoms with Crippen molar-refractivity contribution in [2.75, 3.05) is 113 Å². The van der Waals surface area contributed by atoms with Crippen LogP contribution in [0.25, 0.3) is 22.3 Å². The van der Waals surface area contributed by atoms with Crippen molar-refractivity contribution in [2.24, 2.45) is 0 Å². The van der Waals surface area contributed by atoms with Gasteiger partial charge in [0.2, 0.25) is 11.5 Å².